The van der Waals surface area contributed by atoms with Crippen molar-refractivity contribution in [1.29, 1.82) is 0 Å². The third kappa shape index (κ3) is 2.59. The lowest BCUT2D eigenvalue weighted by atomic mass is 10.1. The number of hydrogen-bond donors (Lipinski definition) is 2. The summed E-state index contributed by atoms with van der Waals surface area (Å²) in [6, 6.07) is 6.37. The molecule has 0 saturated heterocycles. The van der Waals surface area contributed by atoms with Gasteiger partial charge in [0.05, 0.1) is 6.54 Å². The standard InChI is InChI=1S/C16H16FN3O2/c1-3-10-7-12(16(21)19-9(10)2)18-8-14-20-15-11(17)5-4-6-13(15)22-14/h4-7,18H,3,8H2,1-2H3,(H,19,21). The van der Waals surface area contributed by atoms with Crippen molar-refractivity contribution in [3.63, 3.8) is 0 Å². The fourth-order valence-electron chi connectivity index (χ4n) is 2.37. The first-order valence-corrected chi connectivity index (χ1v) is 7.09. The number of aromatic nitrogens is 2. The summed E-state index contributed by atoms with van der Waals surface area (Å²) in [7, 11) is 0. The highest BCUT2D eigenvalue weighted by molar-refractivity contribution is 5.73. The van der Waals surface area contributed by atoms with E-state index in [-0.39, 0.29) is 17.6 Å². The van der Waals surface area contributed by atoms with Crippen molar-refractivity contribution in [3.05, 3.63) is 57.6 Å². The van der Waals surface area contributed by atoms with Crippen LogP contribution < -0.4 is 10.9 Å². The highest BCUT2D eigenvalue weighted by Crippen LogP contribution is 2.19. The molecule has 3 rings (SSSR count). The number of benzene rings is 1. The Morgan fingerprint density at radius 2 is 2.23 bits per heavy atom. The van der Waals surface area contributed by atoms with Crippen molar-refractivity contribution in [2.75, 3.05) is 5.32 Å². The van der Waals surface area contributed by atoms with Crippen LogP contribution in [0, 0.1) is 12.7 Å². The molecule has 2 aromatic heterocycles. The monoisotopic (exact) mass is 301 g/mol. The summed E-state index contributed by atoms with van der Waals surface area (Å²) in [5.74, 6) is -0.0907. The third-order valence-electron chi connectivity index (χ3n) is 3.57. The predicted octanol–water partition coefficient (Wildman–Crippen LogP) is 3.14. The quantitative estimate of drug-likeness (QED) is 0.776. The molecule has 0 aliphatic carbocycles. The molecule has 0 aliphatic heterocycles. The molecule has 6 heteroatoms. The number of oxazole rings is 1. The average Bonchev–Trinajstić information content (AvgIpc) is 2.91. The number of nitrogens with zero attached hydrogens (tertiary/aromatic N) is 1. The number of nitrogens with one attached hydrogen (secondary N) is 2. The fraction of sp³-hybridized carbons (Fsp3) is 0.250. The van der Waals surface area contributed by atoms with Gasteiger partial charge < -0.3 is 14.7 Å². The molecular weight excluding hydrogens is 285 g/mol. The second kappa shape index (κ2) is 5.63. The topological polar surface area (TPSA) is 70.9 Å². The van der Waals surface area contributed by atoms with E-state index < -0.39 is 5.82 Å². The zero-order valence-electron chi connectivity index (χ0n) is 12.4. The summed E-state index contributed by atoms with van der Waals surface area (Å²) in [6.07, 6.45) is 0.825. The Morgan fingerprint density at radius 1 is 1.41 bits per heavy atom. The molecule has 0 amide bonds. The molecule has 0 spiro atoms. The first-order chi connectivity index (χ1) is 10.6. The lowest BCUT2D eigenvalue weighted by Gasteiger charge is -2.07. The van der Waals surface area contributed by atoms with E-state index in [9.17, 15) is 9.18 Å². The van der Waals surface area contributed by atoms with Crippen LogP contribution in [0.4, 0.5) is 10.1 Å². The minimum atomic E-state index is -0.422. The van der Waals surface area contributed by atoms with E-state index in [2.05, 4.69) is 15.3 Å². The van der Waals surface area contributed by atoms with Crippen molar-refractivity contribution >= 4 is 16.8 Å². The van der Waals surface area contributed by atoms with Crippen LogP contribution in [0.15, 0.2) is 33.5 Å². The third-order valence-corrected chi connectivity index (χ3v) is 3.57. The van der Waals surface area contributed by atoms with E-state index in [1.165, 1.54) is 6.07 Å². The molecule has 3 aromatic rings. The van der Waals surface area contributed by atoms with Crippen molar-refractivity contribution in [3.8, 4) is 0 Å². The summed E-state index contributed by atoms with van der Waals surface area (Å²) in [4.78, 5) is 18.8. The molecule has 0 radical (unpaired) electrons. The first-order valence-electron chi connectivity index (χ1n) is 7.09. The van der Waals surface area contributed by atoms with Crippen LogP contribution in [0.2, 0.25) is 0 Å². The van der Waals surface area contributed by atoms with Crippen LogP contribution in [0.3, 0.4) is 0 Å². The van der Waals surface area contributed by atoms with Crippen LogP contribution in [0.1, 0.15) is 24.1 Å². The Kier molecular flexibility index (Phi) is 3.66. The highest BCUT2D eigenvalue weighted by atomic mass is 19.1. The molecule has 0 fully saturated rings. The number of hydrogen-bond acceptors (Lipinski definition) is 4. The summed E-state index contributed by atoms with van der Waals surface area (Å²) in [6.45, 7) is 4.10. The average molecular weight is 301 g/mol. The maximum atomic E-state index is 13.6. The highest BCUT2D eigenvalue weighted by Gasteiger charge is 2.10. The molecule has 22 heavy (non-hydrogen) atoms. The van der Waals surface area contributed by atoms with Crippen LogP contribution in [-0.2, 0) is 13.0 Å². The Morgan fingerprint density at radius 3 is 2.95 bits per heavy atom. The number of H-pyrrole nitrogens is 1. The van der Waals surface area contributed by atoms with Gasteiger partial charge in [-0.05, 0) is 37.1 Å². The number of para-hydroxylation sites is 1. The van der Waals surface area contributed by atoms with Crippen LogP contribution in [-0.4, -0.2) is 9.97 Å². The van der Waals surface area contributed by atoms with Gasteiger partial charge in [-0.3, -0.25) is 4.79 Å². The Hall–Kier alpha value is -2.63. The molecule has 0 bridgehead atoms. The Labute approximate surface area is 126 Å². The van der Waals surface area contributed by atoms with Crippen LogP contribution in [0.25, 0.3) is 11.1 Å². The lowest BCUT2D eigenvalue weighted by molar-refractivity contribution is 0.540. The zero-order valence-corrected chi connectivity index (χ0v) is 12.4. The van der Waals surface area contributed by atoms with Gasteiger partial charge >= 0.3 is 0 Å². The number of anilines is 1. The second-order valence-corrected chi connectivity index (χ2v) is 5.06. The van der Waals surface area contributed by atoms with Gasteiger partial charge in [-0.2, -0.15) is 0 Å². The molecule has 0 unspecified atom stereocenters. The Bertz CT molecular complexity index is 883. The van der Waals surface area contributed by atoms with Gasteiger partial charge in [0.15, 0.2) is 11.4 Å². The lowest BCUT2D eigenvalue weighted by Crippen LogP contribution is -2.16. The van der Waals surface area contributed by atoms with Gasteiger partial charge in [-0.15, -0.1) is 0 Å². The van der Waals surface area contributed by atoms with Crippen molar-refractivity contribution in [1.82, 2.24) is 9.97 Å². The van der Waals surface area contributed by atoms with E-state index in [0.717, 1.165) is 17.7 Å². The number of halogens is 1. The SMILES string of the molecule is CCc1cc(NCc2nc3c(F)cccc3o2)c(=O)[nH]c1C. The number of fused-ring (bicyclic) bond motifs is 1. The summed E-state index contributed by atoms with van der Waals surface area (Å²) >= 11 is 0. The molecule has 1 aromatic carbocycles. The molecule has 2 heterocycles. The zero-order chi connectivity index (χ0) is 15.7. The summed E-state index contributed by atoms with van der Waals surface area (Å²) in [5.41, 5.74) is 2.77. The van der Waals surface area contributed by atoms with Crippen molar-refractivity contribution in [2.24, 2.45) is 0 Å². The number of pyridine rings is 1. The minimum absolute atomic E-state index is 0.197. The van der Waals surface area contributed by atoms with Crippen molar-refractivity contribution in [2.45, 2.75) is 26.8 Å². The van der Waals surface area contributed by atoms with Gasteiger partial charge in [0.25, 0.3) is 5.56 Å². The van der Waals surface area contributed by atoms with Gasteiger partial charge in [0.1, 0.15) is 11.2 Å². The predicted molar refractivity (Wildman–Crippen MR) is 82.5 cm³/mol. The summed E-state index contributed by atoms with van der Waals surface area (Å²) < 4.78 is 19.0. The number of aryl methyl sites for hydroxylation is 2. The molecule has 114 valence electrons. The second-order valence-electron chi connectivity index (χ2n) is 5.06. The van der Waals surface area contributed by atoms with E-state index in [1.54, 1.807) is 12.1 Å². The molecule has 2 N–H and O–H groups in total. The fourth-order valence-corrected chi connectivity index (χ4v) is 2.37. The first kappa shape index (κ1) is 14.3. The molecular formula is C16H16FN3O2. The number of rotatable bonds is 4. The van der Waals surface area contributed by atoms with E-state index >= 15 is 0 Å². The van der Waals surface area contributed by atoms with Gasteiger partial charge in [0.2, 0.25) is 5.89 Å². The van der Waals surface area contributed by atoms with Crippen molar-refractivity contribution < 1.29 is 8.81 Å². The molecule has 0 saturated carbocycles. The van der Waals surface area contributed by atoms with E-state index in [4.69, 9.17) is 4.42 Å². The molecule has 0 aliphatic rings. The normalized spacial score (nSPS) is 11.0. The van der Waals surface area contributed by atoms with E-state index in [0.29, 0.717) is 17.2 Å². The largest absolute Gasteiger partial charge is 0.439 e. The minimum Gasteiger partial charge on any atom is -0.439 e. The van der Waals surface area contributed by atoms with E-state index in [1.807, 2.05) is 19.9 Å². The maximum Gasteiger partial charge on any atom is 0.271 e. The van der Waals surface area contributed by atoms with Crippen LogP contribution >= 0.6 is 0 Å². The smallest absolute Gasteiger partial charge is 0.271 e. The van der Waals surface area contributed by atoms with Gasteiger partial charge in [0, 0.05) is 5.69 Å². The van der Waals surface area contributed by atoms with Gasteiger partial charge in [-0.25, -0.2) is 9.37 Å². The molecule has 5 nitrogen and oxygen atoms in total. The van der Waals surface area contributed by atoms with Gasteiger partial charge in [-0.1, -0.05) is 13.0 Å². The molecule has 0 atom stereocenters. The summed E-state index contributed by atoms with van der Waals surface area (Å²) in [5, 5.41) is 2.99. The van der Waals surface area contributed by atoms with Crippen LogP contribution in [0.5, 0.6) is 0 Å². The number of aromatic amines is 1. The Balaban J connectivity index is 1.85. The maximum absolute atomic E-state index is 13.6.